The van der Waals surface area contributed by atoms with Crippen LogP contribution in [0.15, 0.2) is 102 Å². The monoisotopic (exact) mass is 703 g/mol. The molecule has 0 bridgehead atoms. The zero-order valence-corrected chi connectivity index (χ0v) is 25.8. The van der Waals surface area contributed by atoms with Crippen LogP contribution in [0.1, 0.15) is 24.3 Å². The van der Waals surface area contributed by atoms with Gasteiger partial charge < -0.3 is 14.4 Å². The summed E-state index contributed by atoms with van der Waals surface area (Å²) in [7, 11) is -1.36. The van der Waals surface area contributed by atoms with Gasteiger partial charge in [-0.3, -0.25) is 0 Å². The molecule has 0 atom stereocenters. The molecular weight excluding hydrogens is 673 g/mol. The van der Waals surface area contributed by atoms with E-state index in [1.54, 1.807) is 6.20 Å². The molecule has 3 aromatic heterocycles. The zero-order valence-electron chi connectivity index (χ0n) is 22.4. The van der Waals surface area contributed by atoms with Gasteiger partial charge in [0.25, 0.3) is 0 Å². The molecule has 0 amide bonds. The molecule has 0 aliphatic heterocycles. The predicted octanol–water partition coefficient (Wildman–Crippen LogP) is 8.42. The third-order valence-corrected chi connectivity index (χ3v) is 9.08. The van der Waals surface area contributed by atoms with E-state index < -0.39 is 8.07 Å². The Hall–Kier alpha value is -3.37. The number of pyridine rings is 2. The van der Waals surface area contributed by atoms with Gasteiger partial charge in [0.15, 0.2) is 0 Å². The van der Waals surface area contributed by atoms with Gasteiger partial charge in [-0.25, -0.2) is 0 Å². The second kappa shape index (κ2) is 11.4. The topological polar surface area (TPSA) is 38.9 Å². The van der Waals surface area contributed by atoms with Gasteiger partial charge in [0.05, 0.1) is 13.7 Å². The second-order valence-electron chi connectivity index (χ2n) is 10.9. The predicted molar refractivity (Wildman–Crippen MR) is 159 cm³/mol. The fraction of sp³-hybridized carbons (Fsp3) is 0.176. The first-order chi connectivity index (χ1) is 18.5. The maximum absolute atomic E-state index is 6.24. The SMILES string of the molecule is C[Si](C)(C)c1ccc2oc3c(-c4ccc(C5CC5)cn4)[c-]ccc3c2c1.[Ir].[c-]1ccccc1-c1ccccn1. The number of hydrogen-bond acceptors (Lipinski definition) is 3. The van der Waals surface area contributed by atoms with Crippen molar-refractivity contribution >= 4 is 35.2 Å². The van der Waals surface area contributed by atoms with Crippen LogP contribution in [0.5, 0.6) is 0 Å². The van der Waals surface area contributed by atoms with Crippen LogP contribution in [-0.4, -0.2) is 18.0 Å². The van der Waals surface area contributed by atoms with Gasteiger partial charge in [0.2, 0.25) is 0 Å². The molecule has 3 aromatic carbocycles. The van der Waals surface area contributed by atoms with Crippen LogP contribution in [0.25, 0.3) is 44.5 Å². The number of furan rings is 1. The van der Waals surface area contributed by atoms with E-state index in [9.17, 15) is 0 Å². The van der Waals surface area contributed by atoms with E-state index in [4.69, 9.17) is 9.40 Å². The van der Waals surface area contributed by atoms with E-state index in [-0.39, 0.29) is 20.1 Å². The fourth-order valence-electron chi connectivity index (χ4n) is 4.68. The third-order valence-electron chi connectivity index (χ3n) is 7.04. The van der Waals surface area contributed by atoms with E-state index in [1.165, 1.54) is 29.0 Å². The zero-order chi connectivity index (χ0) is 26.1. The summed E-state index contributed by atoms with van der Waals surface area (Å²) in [6, 6.07) is 35.3. The Kier molecular flexibility index (Phi) is 7.95. The largest absolute Gasteiger partial charge is 0.501 e. The van der Waals surface area contributed by atoms with Crippen LogP contribution in [0, 0.1) is 12.1 Å². The summed E-state index contributed by atoms with van der Waals surface area (Å²) in [5.74, 6) is 0.725. The molecule has 6 aromatic rings. The maximum atomic E-state index is 6.24. The third kappa shape index (κ3) is 5.96. The van der Waals surface area contributed by atoms with E-state index >= 15 is 0 Å². The van der Waals surface area contributed by atoms with Gasteiger partial charge >= 0.3 is 0 Å². The Bertz CT molecular complexity index is 1650. The Morgan fingerprint density at radius 1 is 0.795 bits per heavy atom. The summed E-state index contributed by atoms with van der Waals surface area (Å²) in [6.07, 6.45) is 6.40. The molecule has 197 valence electrons. The summed E-state index contributed by atoms with van der Waals surface area (Å²) in [4.78, 5) is 8.92. The van der Waals surface area contributed by atoms with Gasteiger partial charge in [-0.2, -0.15) is 0 Å². The molecule has 0 N–H and O–H groups in total. The number of aromatic nitrogens is 2. The standard InChI is InChI=1S/C23H22NOSi.C11H8N.Ir/c1-26(2,3)17-10-12-22-20(13-17)18-5-4-6-19(23(18)25-22)21-11-9-16(14-24-21)15-7-8-15;1-2-6-10(7-3-1)11-8-4-5-9-12-11;/h4-5,9-15H,7-8H2,1-3H3;1-6,8-9H;/q2*-1;. The first-order valence-electron chi connectivity index (χ1n) is 13.2. The van der Waals surface area contributed by atoms with E-state index in [2.05, 4.69) is 73.2 Å². The summed E-state index contributed by atoms with van der Waals surface area (Å²) in [5, 5.41) is 3.81. The molecule has 1 radical (unpaired) electrons. The summed E-state index contributed by atoms with van der Waals surface area (Å²) in [6.45, 7) is 7.13. The summed E-state index contributed by atoms with van der Waals surface area (Å²) < 4.78 is 6.24. The van der Waals surface area contributed by atoms with Crippen molar-refractivity contribution in [2.24, 2.45) is 0 Å². The molecule has 3 heterocycles. The Morgan fingerprint density at radius 2 is 1.64 bits per heavy atom. The normalized spacial score (nSPS) is 13.0. The van der Waals surface area contributed by atoms with Crippen LogP contribution in [0.2, 0.25) is 19.6 Å². The van der Waals surface area contributed by atoms with Crippen molar-refractivity contribution in [2.45, 2.75) is 38.4 Å². The van der Waals surface area contributed by atoms with Gasteiger partial charge in [0.1, 0.15) is 5.58 Å². The van der Waals surface area contributed by atoms with Crippen molar-refractivity contribution in [3.63, 3.8) is 0 Å². The van der Waals surface area contributed by atoms with Crippen molar-refractivity contribution < 1.29 is 24.5 Å². The average Bonchev–Trinajstić information content (AvgIpc) is 3.74. The molecule has 7 rings (SSSR count). The van der Waals surface area contributed by atoms with Crippen molar-refractivity contribution in [3.8, 4) is 22.5 Å². The van der Waals surface area contributed by atoms with E-state index in [0.29, 0.717) is 0 Å². The quantitative estimate of drug-likeness (QED) is 0.137. The average molecular weight is 703 g/mol. The first-order valence-corrected chi connectivity index (χ1v) is 16.7. The van der Waals surface area contributed by atoms with Crippen LogP contribution in [-0.2, 0) is 20.1 Å². The Morgan fingerprint density at radius 3 is 2.31 bits per heavy atom. The van der Waals surface area contributed by atoms with Crippen molar-refractivity contribution in [1.29, 1.82) is 0 Å². The molecule has 0 unspecified atom stereocenters. The van der Waals surface area contributed by atoms with Crippen LogP contribution in [0.3, 0.4) is 0 Å². The van der Waals surface area contributed by atoms with Gasteiger partial charge in [-0.15, -0.1) is 54.1 Å². The fourth-order valence-corrected chi connectivity index (χ4v) is 5.85. The van der Waals surface area contributed by atoms with Crippen LogP contribution in [0.4, 0.5) is 0 Å². The van der Waals surface area contributed by atoms with E-state index in [0.717, 1.165) is 45.0 Å². The first kappa shape index (κ1) is 27.2. The summed E-state index contributed by atoms with van der Waals surface area (Å²) >= 11 is 0. The molecule has 5 heteroatoms. The van der Waals surface area contributed by atoms with E-state index in [1.807, 2.05) is 54.7 Å². The van der Waals surface area contributed by atoms with Crippen LogP contribution >= 0.6 is 0 Å². The minimum absolute atomic E-state index is 0. The smallest absolute Gasteiger partial charge is 0.120 e. The van der Waals surface area contributed by atoms with Gasteiger partial charge in [-0.1, -0.05) is 72.2 Å². The second-order valence-corrected chi connectivity index (χ2v) is 16.0. The minimum atomic E-state index is -1.36. The maximum Gasteiger partial charge on any atom is 0.120 e. The molecule has 1 saturated carbocycles. The Labute approximate surface area is 244 Å². The van der Waals surface area contributed by atoms with Crippen molar-refractivity contribution in [1.82, 2.24) is 9.97 Å². The van der Waals surface area contributed by atoms with Crippen LogP contribution < -0.4 is 5.19 Å². The number of nitrogens with zero attached hydrogens (tertiary/aromatic N) is 2. The molecule has 1 aliphatic carbocycles. The number of rotatable bonds is 4. The number of fused-ring (bicyclic) bond motifs is 3. The Balaban J connectivity index is 0.000000200. The molecule has 1 fully saturated rings. The number of benzene rings is 3. The van der Waals surface area contributed by atoms with Gasteiger partial charge in [-0.05, 0) is 47.8 Å². The summed E-state index contributed by atoms with van der Waals surface area (Å²) in [5.41, 5.74) is 7.08. The molecule has 1 aliphatic rings. The molecule has 0 saturated heterocycles. The molecule has 3 nitrogen and oxygen atoms in total. The molecule has 0 spiro atoms. The number of hydrogen-bond donors (Lipinski definition) is 0. The molecular formula is C34H30IrN2OSi-2. The van der Waals surface area contributed by atoms with Crippen molar-refractivity contribution in [2.75, 3.05) is 0 Å². The molecule has 39 heavy (non-hydrogen) atoms. The minimum Gasteiger partial charge on any atom is -0.501 e. The van der Waals surface area contributed by atoms with Gasteiger partial charge in [0, 0.05) is 37.9 Å². The van der Waals surface area contributed by atoms with Crippen molar-refractivity contribution in [3.05, 3.63) is 115 Å².